The molecule has 7 N–H and O–H groups in total. The van der Waals surface area contributed by atoms with Crippen molar-refractivity contribution in [1.82, 2.24) is 16.0 Å². The van der Waals surface area contributed by atoms with Gasteiger partial charge in [-0.1, -0.05) is 30.3 Å². The number of carbonyl (C=O) groups excluding carboxylic acids is 3. The summed E-state index contributed by atoms with van der Waals surface area (Å²) in [6.45, 7) is 0. The van der Waals surface area contributed by atoms with Gasteiger partial charge in [-0.15, -0.1) is 0 Å². The summed E-state index contributed by atoms with van der Waals surface area (Å²) in [5.74, 6) is -4.02. The Morgan fingerprint density at radius 1 is 0.914 bits per heavy atom. The number of hydrogen-bond acceptors (Lipinski definition) is 8. The number of thiol groups is 1. The van der Waals surface area contributed by atoms with Crippen molar-refractivity contribution in [3.05, 3.63) is 35.9 Å². The van der Waals surface area contributed by atoms with Crippen LogP contribution in [0.2, 0.25) is 0 Å². The average molecular weight is 529 g/mol. The van der Waals surface area contributed by atoms with Crippen molar-refractivity contribution in [1.29, 1.82) is 0 Å². The second-order valence-corrected chi connectivity index (χ2v) is 9.07. The van der Waals surface area contributed by atoms with Crippen LogP contribution in [-0.4, -0.2) is 81.8 Å². The van der Waals surface area contributed by atoms with Gasteiger partial charge in [0.2, 0.25) is 17.7 Å². The zero-order valence-corrected chi connectivity index (χ0v) is 21.0. The summed E-state index contributed by atoms with van der Waals surface area (Å²) in [7, 11) is 0. The third kappa shape index (κ3) is 11.5. The van der Waals surface area contributed by atoms with E-state index in [1.807, 2.05) is 6.26 Å². The Morgan fingerprint density at radius 3 is 2.03 bits per heavy atom. The van der Waals surface area contributed by atoms with Crippen molar-refractivity contribution in [2.24, 2.45) is 5.73 Å². The molecule has 0 aliphatic heterocycles. The second-order valence-electron chi connectivity index (χ2n) is 7.71. The van der Waals surface area contributed by atoms with Crippen LogP contribution in [0.5, 0.6) is 0 Å². The molecule has 0 fully saturated rings. The summed E-state index contributed by atoms with van der Waals surface area (Å²) in [6, 6.07) is 4.29. The van der Waals surface area contributed by atoms with Gasteiger partial charge in [0.1, 0.15) is 18.1 Å². The molecule has 0 aliphatic rings. The molecule has 0 saturated heterocycles. The van der Waals surface area contributed by atoms with Crippen molar-refractivity contribution in [2.45, 2.75) is 49.9 Å². The first kappa shape index (κ1) is 30.3. The molecule has 0 aliphatic carbocycles. The minimum absolute atomic E-state index is 0.0820. The van der Waals surface area contributed by atoms with E-state index >= 15 is 0 Å². The van der Waals surface area contributed by atoms with E-state index in [9.17, 15) is 29.1 Å². The number of aliphatic carboxylic acids is 2. The number of nitrogens with one attached hydrogen (secondary N) is 3. The highest BCUT2D eigenvalue weighted by Gasteiger charge is 2.30. The van der Waals surface area contributed by atoms with Crippen LogP contribution in [0.1, 0.15) is 24.8 Å². The molecule has 0 bridgehead atoms. The summed E-state index contributed by atoms with van der Waals surface area (Å²) in [6.07, 6.45) is 1.68. The van der Waals surface area contributed by atoms with Crippen molar-refractivity contribution in [2.75, 3.05) is 17.8 Å². The molecule has 35 heavy (non-hydrogen) atoms. The van der Waals surface area contributed by atoms with E-state index in [0.29, 0.717) is 5.75 Å². The third-order valence-electron chi connectivity index (χ3n) is 4.96. The molecule has 194 valence electrons. The van der Waals surface area contributed by atoms with Gasteiger partial charge < -0.3 is 31.9 Å². The lowest BCUT2D eigenvalue weighted by molar-refractivity contribution is -0.142. The summed E-state index contributed by atoms with van der Waals surface area (Å²) in [5.41, 5.74) is 6.42. The quantitative estimate of drug-likeness (QED) is 0.141. The summed E-state index contributed by atoms with van der Waals surface area (Å²) in [5, 5.41) is 25.6. The van der Waals surface area contributed by atoms with Gasteiger partial charge in [-0.3, -0.25) is 19.2 Å². The number of carbonyl (C=O) groups is 5. The smallest absolute Gasteiger partial charge is 0.326 e. The number of carboxylic acids is 2. The van der Waals surface area contributed by atoms with E-state index in [-0.39, 0.29) is 31.4 Å². The lowest BCUT2D eigenvalue weighted by Gasteiger charge is -2.24. The highest BCUT2D eigenvalue weighted by atomic mass is 32.2. The Balaban J connectivity index is 2.96. The molecular weight excluding hydrogens is 496 g/mol. The number of amides is 3. The molecule has 1 aromatic rings. The van der Waals surface area contributed by atoms with Crippen LogP contribution < -0.4 is 21.7 Å². The summed E-state index contributed by atoms with van der Waals surface area (Å²) >= 11 is 5.53. The number of hydrogen-bond donors (Lipinski definition) is 7. The van der Waals surface area contributed by atoms with Crippen LogP contribution in [0.25, 0.3) is 0 Å². The molecule has 0 spiro atoms. The maximum Gasteiger partial charge on any atom is 0.326 e. The predicted molar refractivity (Wildman–Crippen MR) is 135 cm³/mol. The largest absolute Gasteiger partial charge is 0.481 e. The van der Waals surface area contributed by atoms with Crippen molar-refractivity contribution in [3.8, 4) is 0 Å². The van der Waals surface area contributed by atoms with E-state index in [0.717, 1.165) is 5.56 Å². The van der Waals surface area contributed by atoms with E-state index in [4.69, 9.17) is 10.8 Å². The summed E-state index contributed by atoms with van der Waals surface area (Å²) in [4.78, 5) is 60.4. The lowest BCUT2D eigenvalue weighted by Crippen LogP contribution is -2.58. The van der Waals surface area contributed by atoms with Crippen LogP contribution in [0.4, 0.5) is 0 Å². The van der Waals surface area contributed by atoms with Gasteiger partial charge in [0, 0.05) is 18.6 Å². The number of rotatable bonds is 16. The maximum absolute atomic E-state index is 13.0. The molecule has 0 aromatic heterocycles. The predicted octanol–water partition coefficient (Wildman–Crippen LogP) is -0.357. The highest BCUT2D eigenvalue weighted by molar-refractivity contribution is 7.98. The molecular formula is C22H32N4O7S2. The van der Waals surface area contributed by atoms with Gasteiger partial charge in [0.25, 0.3) is 0 Å². The first-order valence-corrected chi connectivity index (χ1v) is 12.9. The van der Waals surface area contributed by atoms with Gasteiger partial charge in [0.15, 0.2) is 0 Å². The molecule has 3 amide bonds. The zero-order chi connectivity index (χ0) is 26.4. The highest BCUT2D eigenvalue weighted by Crippen LogP contribution is 2.07. The molecule has 0 saturated carbocycles. The van der Waals surface area contributed by atoms with Gasteiger partial charge >= 0.3 is 11.9 Å². The maximum atomic E-state index is 13.0. The molecule has 0 radical (unpaired) electrons. The van der Waals surface area contributed by atoms with Crippen LogP contribution in [0.15, 0.2) is 30.3 Å². The minimum atomic E-state index is -1.19. The van der Waals surface area contributed by atoms with Crippen LogP contribution in [-0.2, 0) is 30.4 Å². The van der Waals surface area contributed by atoms with E-state index in [2.05, 4.69) is 28.6 Å². The number of carboxylic acid groups (broad SMARTS) is 2. The Bertz CT molecular complexity index is 873. The Hall–Kier alpha value is -2.77. The van der Waals surface area contributed by atoms with Crippen LogP contribution in [0, 0.1) is 0 Å². The number of nitrogens with two attached hydrogens (primary N) is 1. The fourth-order valence-electron chi connectivity index (χ4n) is 2.98. The minimum Gasteiger partial charge on any atom is -0.481 e. The number of thioether (sulfide) groups is 1. The monoisotopic (exact) mass is 528 g/mol. The molecule has 0 heterocycles. The Morgan fingerprint density at radius 2 is 1.49 bits per heavy atom. The normalized spacial score (nSPS) is 14.1. The summed E-state index contributed by atoms with van der Waals surface area (Å²) < 4.78 is 0. The third-order valence-corrected chi connectivity index (χ3v) is 5.97. The van der Waals surface area contributed by atoms with E-state index < -0.39 is 53.8 Å². The number of benzene rings is 1. The standard InChI is InChI=1S/C22H32N4O7S2/c1-35-10-9-15(22(32)33)24-20(30)16(11-13-5-3-2-4-6-13)25-21(31)17(12-34)26-19(29)14(23)7-8-18(27)28/h2-6,14-17,34H,7-12,23H2,1H3,(H,24,30)(H,25,31)(H,26,29)(H,27,28)(H,32,33). The van der Waals surface area contributed by atoms with Crippen molar-refractivity contribution in [3.63, 3.8) is 0 Å². The van der Waals surface area contributed by atoms with Gasteiger partial charge in [-0.05, 0) is 30.4 Å². The van der Waals surface area contributed by atoms with Gasteiger partial charge in [0.05, 0.1) is 6.04 Å². The Kier molecular flexibility index (Phi) is 13.8. The molecule has 4 unspecified atom stereocenters. The molecule has 11 nitrogen and oxygen atoms in total. The lowest BCUT2D eigenvalue weighted by atomic mass is 10.0. The SMILES string of the molecule is CSCCC(NC(=O)C(Cc1ccccc1)NC(=O)C(CS)NC(=O)C(N)CCC(=O)O)C(=O)O. The van der Waals surface area contributed by atoms with Gasteiger partial charge in [-0.25, -0.2) is 4.79 Å². The second kappa shape index (κ2) is 16.0. The van der Waals surface area contributed by atoms with E-state index in [1.165, 1.54) is 11.8 Å². The van der Waals surface area contributed by atoms with Crippen LogP contribution >= 0.6 is 24.4 Å². The first-order chi connectivity index (χ1) is 16.6. The zero-order valence-electron chi connectivity index (χ0n) is 19.3. The fraction of sp³-hybridized carbons (Fsp3) is 0.500. The Labute approximate surface area is 213 Å². The first-order valence-electron chi connectivity index (χ1n) is 10.8. The van der Waals surface area contributed by atoms with Gasteiger partial charge in [-0.2, -0.15) is 24.4 Å². The molecule has 4 atom stereocenters. The van der Waals surface area contributed by atoms with Crippen molar-refractivity contribution < 1.29 is 34.2 Å². The molecule has 13 heteroatoms. The molecule has 1 rings (SSSR count). The van der Waals surface area contributed by atoms with E-state index in [1.54, 1.807) is 30.3 Å². The van der Waals surface area contributed by atoms with Crippen LogP contribution in [0.3, 0.4) is 0 Å². The molecule has 1 aromatic carbocycles. The average Bonchev–Trinajstić information content (AvgIpc) is 2.82. The van der Waals surface area contributed by atoms with Crippen molar-refractivity contribution >= 4 is 54.1 Å². The topological polar surface area (TPSA) is 188 Å². The fourth-order valence-corrected chi connectivity index (χ4v) is 3.71.